The van der Waals surface area contributed by atoms with Gasteiger partial charge in [0.1, 0.15) is 11.2 Å². The second kappa shape index (κ2) is 10.5. The maximum absolute atomic E-state index is 6.44. The monoisotopic (exact) mass is 725 g/mol. The van der Waals surface area contributed by atoms with Crippen molar-refractivity contribution in [1.82, 2.24) is 23.9 Å². The van der Waals surface area contributed by atoms with Gasteiger partial charge in [0.2, 0.25) is 0 Å². The summed E-state index contributed by atoms with van der Waals surface area (Å²) >= 11 is 0. The van der Waals surface area contributed by atoms with E-state index in [0.29, 0.717) is 17.5 Å². The molecule has 6 heterocycles. The molecule has 0 atom stereocenters. The van der Waals surface area contributed by atoms with Gasteiger partial charge in [-0.15, -0.1) is 0 Å². The van der Waals surface area contributed by atoms with E-state index in [-0.39, 0.29) is 0 Å². The first-order chi connectivity index (χ1) is 28.3. The van der Waals surface area contributed by atoms with Gasteiger partial charge in [-0.25, -0.2) is 15.0 Å². The molecular weight excluding hydrogens is 699 g/mol. The lowest BCUT2D eigenvalue weighted by molar-refractivity contribution is 0.669. The summed E-state index contributed by atoms with van der Waals surface area (Å²) in [6, 6.07) is 58.0. The van der Waals surface area contributed by atoms with Gasteiger partial charge in [-0.05, 0) is 53.9 Å². The molecule has 6 heteroatoms. The molecule has 6 aromatic heterocycles. The van der Waals surface area contributed by atoms with Crippen molar-refractivity contribution >= 4 is 92.6 Å². The van der Waals surface area contributed by atoms with E-state index in [9.17, 15) is 0 Å². The third-order valence-electron chi connectivity index (χ3n) is 12.2. The fraction of sp³-hybridized carbons (Fsp3) is 0. The van der Waals surface area contributed by atoms with Crippen molar-refractivity contribution < 1.29 is 4.42 Å². The summed E-state index contributed by atoms with van der Waals surface area (Å²) in [7, 11) is 0. The first-order valence-electron chi connectivity index (χ1n) is 19.3. The number of hydrogen-bond acceptors (Lipinski definition) is 4. The number of hydrogen-bond donors (Lipinski definition) is 0. The lowest BCUT2D eigenvalue weighted by Crippen LogP contribution is -2.01. The van der Waals surface area contributed by atoms with Crippen LogP contribution in [0.5, 0.6) is 0 Å². The van der Waals surface area contributed by atoms with Crippen molar-refractivity contribution in [2.45, 2.75) is 0 Å². The van der Waals surface area contributed by atoms with Crippen LogP contribution in [-0.4, -0.2) is 23.9 Å². The Morgan fingerprint density at radius 3 is 1.70 bits per heavy atom. The minimum Gasteiger partial charge on any atom is -0.455 e. The van der Waals surface area contributed by atoms with Crippen LogP contribution >= 0.6 is 0 Å². The van der Waals surface area contributed by atoms with Crippen LogP contribution in [0.15, 0.2) is 168 Å². The van der Waals surface area contributed by atoms with Crippen LogP contribution in [0.1, 0.15) is 0 Å². The number of benzene rings is 8. The van der Waals surface area contributed by atoms with Crippen LogP contribution in [0.2, 0.25) is 0 Å². The zero-order chi connectivity index (χ0) is 36.9. The molecule has 0 aliphatic carbocycles. The van der Waals surface area contributed by atoms with Crippen LogP contribution in [0, 0.1) is 0 Å². The average Bonchev–Trinajstić information content (AvgIpc) is 4.00. The molecule has 0 unspecified atom stereocenters. The minimum absolute atomic E-state index is 0.570. The Kier molecular flexibility index (Phi) is 5.42. The highest BCUT2D eigenvalue weighted by Gasteiger charge is 2.26. The minimum atomic E-state index is 0.570. The number of rotatable bonds is 4. The lowest BCUT2D eigenvalue weighted by atomic mass is 10.0. The summed E-state index contributed by atoms with van der Waals surface area (Å²) < 4.78 is 11.4. The second-order valence-electron chi connectivity index (χ2n) is 15.1. The summed E-state index contributed by atoms with van der Waals surface area (Å²) in [6.45, 7) is 0. The van der Waals surface area contributed by atoms with E-state index in [0.717, 1.165) is 44.3 Å². The molecule has 6 nitrogen and oxygen atoms in total. The third kappa shape index (κ3) is 3.72. The molecule has 0 amide bonds. The van der Waals surface area contributed by atoms with E-state index in [1.807, 2.05) is 60.7 Å². The summed E-state index contributed by atoms with van der Waals surface area (Å²) in [5.74, 6) is 1.78. The van der Waals surface area contributed by atoms with E-state index in [4.69, 9.17) is 19.4 Å². The zero-order valence-electron chi connectivity index (χ0n) is 30.2. The van der Waals surface area contributed by atoms with Gasteiger partial charge >= 0.3 is 0 Å². The largest absolute Gasteiger partial charge is 0.455 e. The SMILES string of the molecule is c1ccc(-c2nc(-c3ccc(-n4c5cccc6c7cccc8c9cccc%10c%11ccc4c(c65)c%11n(c78)c9%10)cc3)nc(-c3cccc4c3oc3ccccc34)n2)cc1. The quantitative estimate of drug-likeness (QED) is 0.181. The Morgan fingerprint density at radius 2 is 0.930 bits per heavy atom. The van der Waals surface area contributed by atoms with Gasteiger partial charge in [0.05, 0.1) is 33.1 Å². The molecule has 0 N–H and O–H groups in total. The molecule has 262 valence electrons. The third-order valence-corrected chi connectivity index (χ3v) is 12.2. The highest BCUT2D eigenvalue weighted by atomic mass is 16.3. The number of fused-ring (bicyclic) bond motifs is 6. The maximum atomic E-state index is 6.44. The molecule has 0 saturated heterocycles. The Balaban J connectivity index is 0.991. The molecule has 0 saturated carbocycles. The molecule has 0 radical (unpaired) electrons. The smallest absolute Gasteiger partial charge is 0.167 e. The van der Waals surface area contributed by atoms with Crippen LogP contribution in [0.25, 0.3) is 132 Å². The average molecular weight is 726 g/mol. The summed E-state index contributed by atoms with van der Waals surface area (Å²) in [5, 5.41) is 12.5. The normalized spacial score (nSPS) is 12.6. The molecule has 0 bridgehead atoms. The predicted molar refractivity (Wildman–Crippen MR) is 232 cm³/mol. The van der Waals surface area contributed by atoms with Gasteiger partial charge in [0, 0.05) is 65.3 Å². The molecule has 0 spiro atoms. The second-order valence-corrected chi connectivity index (χ2v) is 15.1. The highest BCUT2D eigenvalue weighted by Crippen LogP contribution is 2.49. The van der Waals surface area contributed by atoms with Crippen molar-refractivity contribution in [1.29, 1.82) is 0 Å². The van der Waals surface area contributed by atoms with E-state index in [1.54, 1.807) is 0 Å². The Morgan fingerprint density at radius 1 is 0.368 bits per heavy atom. The van der Waals surface area contributed by atoms with Crippen LogP contribution < -0.4 is 0 Å². The Labute approximate surface area is 323 Å². The van der Waals surface area contributed by atoms with E-state index in [1.165, 1.54) is 70.7 Å². The topological polar surface area (TPSA) is 61.2 Å². The Hall–Kier alpha value is -7.83. The molecule has 0 aliphatic rings. The van der Waals surface area contributed by atoms with E-state index in [2.05, 4.69) is 112 Å². The van der Waals surface area contributed by atoms with Gasteiger partial charge < -0.3 is 13.4 Å². The summed E-state index contributed by atoms with van der Waals surface area (Å²) in [4.78, 5) is 15.2. The van der Waals surface area contributed by atoms with E-state index < -0.39 is 0 Å². The van der Waals surface area contributed by atoms with Crippen LogP contribution in [0.4, 0.5) is 0 Å². The number of aromatic nitrogens is 5. The molecule has 57 heavy (non-hydrogen) atoms. The fourth-order valence-corrected chi connectivity index (χ4v) is 9.88. The van der Waals surface area contributed by atoms with Crippen molar-refractivity contribution in [2.24, 2.45) is 0 Å². The number of nitrogens with zero attached hydrogens (tertiary/aromatic N) is 5. The van der Waals surface area contributed by atoms with Crippen molar-refractivity contribution in [3.63, 3.8) is 0 Å². The van der Waals surface area contributed by atoms with E-state index >= 15 is 0 Å². The van der Waals surface area contributed by atoms with Crippen LogP contribution in [0.3, 0.4) is 0 Å². The molecular formula is C51H27N5O. The molecule has 0 aliphatic heterocycles. The molecule has 0 fully saturated rings. The Bertz CT molecular complexity index is 3910. The fourth-order valence-electron chi connectivity index (χ4n) is 9.88. The predicted octanol–water partition coefficient (Wildman–Crippen LogP) is 13.0. The van der Waals surface area contributed by atoms with Crippen LogP contribution in [-0.2, 0) is 0 Å². The van der Waals surface area contributed by atoms with Gasteiger partial charge in [0.25, 0.3) is 0 Å². The van der Waals surface area contributed by atoms with Crippen molar-refractivity contribution in [2.75, 3.05) is 0 Å². The summed E-state index contributed by atoms with van der Waals surface area (Å²) in [6.07, 6.45) is 0. The van der Waals surface area contributed by atoms with Gasteiger partial charge in [-0.3, -0.25) is 0 Å². The van der Waals surface area contributed by atoms with Crippen molar-refractivity contribution in [3.8, 4) is 39.9 Å². The maximum Gasteiger partial charge on any atom is 0.167 e. The molecule has 14 aromatic rings. The first-order valence-corrected chi connectivity index (χ1v) is 19.3. The first kappa shape index (κ1) is 29.5. The van der Waals surface area contributed by atoms with Gasteiger partial charge in [-0.2, -0.15) is 0 Å². The number of para-hydroxylation sites is 4. The molecule has 8 aromatic carbocycles. The molecule has 14 rings (SSSR count). The lowest BCUT2D eigenvalue weighted by Gasteiger charge is -2.11. The number of furan rings is 1. The van der Waals surface area contributed by atoms with Gasteiger partial charge in [0.15, 0.2) is 17.5 Å². The van der Waals surface area contributed by atoms with Crippen molar-refractivity contribution in [3.05, 3.63) is 164 Å². The standard InChI is InChI=1S/C51H27N5O/c1-2-10-28(11-3-1)49-52-50(54-51(53-49)39-19-8-18-38-31-12-4-5-21-42(31)57-48(38)39)29-22-24-30(25-23-29)55-40-20-9-13-32-33-14-6-15-34-35-16-7-17-36-37-26-27-41(55)44(43(32)40)47(37)56(45(33)34)46(35)36/h1-27H. The zero-order valence-corrected chi connectivity index (χ0v) is 30.2. The summed E-state index contributed by atoms with van der Waals surface area (Å²) in [5.41, 5.74) is 11.6. The van der Waals surface area contributed by atoms with Gasteiger partial charge in [-0.1, -0.05) is 115 Å². The highest BCUT2D eigenvalue weighted by molar-refractivity contribution is 6.37.